The standard InChI is InChI=1S/C14H23N3O2S/c1-10(2)12-15-13(20-16-12)17(3)11-4-6-14(7-5-11)18-8-9-19-14/h10-11H,4-9H2,1-3H3. The predicted octanol–water partition coefficient (Wildman–Crippen LogP) is 2.78. The van der Waals surface area contributed by atoms with Gasteiger partial charge in [-0.25, -0.2) is 4.98 Å². The van der Waals surface area contributed by atoms with Crippen molar-refractivity contribution in [3.05, 3.63) is 5.82 Å². The van der Waals surface area contributed by atoms with Crippen molar-refractivity contribution in [1.82, 2.24) is 9.36 Å². The second-order valence-corrected chi connectivity index (χ2v) is 6.77. The second kappa shape index (κ2) is 5.58. The molecule has 1 saturated carbocycles. The van der Waals surface area contributed by atoms with Crippen LogP contribution in [-0.4, -0.2) is 41.4 Å². The van der Waals surface area contributed by atoms with Crippen LogP contribution in [-0.2, 0) is 9.47 Å². The molecule has 5 nitrogen and oxygen atoms in total. The Bertz CT molecular complexity index is 447. The Morgan fingerprint density at radius 2 is 1.90 bits per heavy atom. The van der Waals surface area contributed by atoms with Crippen LogP contribution in [0.15, 0.2) is 0 Å². The molecule has 0 atom stereocenters. The molecule has 1 spiro atoms. The van der Waals surface area contributed by atoms with E-state index in [2.05, 4.69) is 35.2 Å². The Balaban J connectivity index is 1.62. The molecule has 2 fully saturated rings. The highest BCUT2D eigenvalue weighted by Crippen LogP contribution is 2.38. The minimum atomic E-state index is -0.276. The van der Waals surface area contributed by atoms with Gasteiger partial charge in [-0.3, -0.25) is 0 Å². The van der Waals surface area contributed by atoms with Crippen LogP contribution in [0.5, 0.6) is 0 Å². The lowest BCUT2D eigenvalue weighted by Gasteiger charge is -2.38. The molecule has 0 N–H and O–H groups in total. The van der Waals surface area contributed by atoms with Crippen molar-refractivity contribution in [2.24, 2.45) is 0 Å². The average molecular weight is 297 g/mol. The van der Waals surface area contributed by atoms with Crippen molar-refractivity contribution in [1.29, 1.82) is 0 Å². The van der Waals surface area contributed by atoms with Gasteiger partial charge in [0, 0.05) is 43.4 Å². The van der Waals surface area contributed by atoms with Gasteiger partial charge in [0.2, 0.25) is 5.13 Å². The molecule has 1 saturated heterocycles. The van der Waals surface area contributed by atoms with Gasteiger partial charge < -0.3 is 14.4 Å². The third-order valence-corrected chi connectivity index (χ3v) is 5.15. The molecule has 1 aromatic rings. The molecule has 1 aliphatic heterocycles. The van der Waals surface area contributed by atoms with E-state index in [1.54, 1.807) is 0 Å². The van der Waals surface area contributed by atoms with Crippen molar-refractivity contribution in [2.45, 2.75) is 57.3 Å². The summed E-state index contributed by atoms with van der Waals surface area (Å²) in [6.07, 6.45) is 4.15. The van der Waals surface area contributed by atoms with Crippen LogP contribution >= 0.6 is 11.5 Å². The van der Waals surface area contributed by atoms with Gasteiger partial charge in [0.25, 0.3) is 0 Å². The fourth-order valence-corrected chi connectivity index (χ4v) is 3.81. The second-order valence-electron chi connectivity index (χ2n) is 6.04. The molecular formula is C14H23N3O2S. The third-order valence-electron chi connectivity index (χ3n) is 4.33. The first-order valence-electron chi connectivity index (χ1n) is 7.44. The minimum Gasteiger partial charge on any atom is -0.348 e. The van der Waals surface area contributed by atoms with Gasteiger partial charge in [-0.05, 0) is 12.8 Å². The molecule has 0 unspecified atom stereocenters. The van der Waals surface area contributed by atoms with Crippen LogP contribution in [0.4, 0.5) is 5.13 Å². The minimum absolute atomic E-state index is 0.276. The van der Waals surface area contributed by atoms with E-state index in [0.29, 0.717) is 12.0 Å². The van der Waals surface area contributed by atoms with Crippen LogP contribution in [0, 0.1) is 0 Å². The number of hydrogen-bond acceptors (Lipinski definition) is 6. The highest BCUT2D eigenvalue weighted by atomic mass is 32.1. The molecule has 0 bridgehead atoms. The zero-order valence-electron chi connectivity index (χ0n) is 12.5. The summed E-state index contributed by atoms with van der Waals surface area (Å²) < 4.78 is 16.0. The van der Waals surface area contributed by atoms with Gasteiger partial charge >= 0.3 is 0 Å². The molecule has 6 heteroatoms. The van der Waals surface area contributed by atoms with Crippen molar-refractivity contribution < 1.29 is 9.47 Å². The van der Waals surface area contributed by atoms with Crippen molar-refractivity contribution in [3.8, 4) is 0 Å². The van der Waals surface area contributed by atoms with E-state index in [1.807, 2.05) is 0 Å². The van der Waals surface area contributed by atoms with E-state index in [1.165, 1.54) is 11.5 Å². The van der Waals surface area contributed by atoms with Crippen LogP contribution in [0.25, 0.3) is 0 Å². The quantitative estimate of drug-likeness (QED) is 0.858. The zero-order chi connectivity index (χ0) is 14.2. The molecule has 2 heterocycles. The topological polar surface area (TPSA) is 47.5 Å². The summed E-state index contributed by atoms with van der Waals surface area (Å²) in [5, 5.41) is 1.03. The van der Waals surface area contributed by atoms with Gasteiger partial charge in [-0.2, -0.15) is 4.37 Å². The number of aromatic nitrogens is 2. The maximum atomic E-state index is 5.78. The summed E-state index contributed by atoms with van der Waals surface area (Å²) in [7, 11) is 2.13. The Morgan fingerprint density at radius 1 is 1.25 bits per heavy atom. The summed E-state index contributed by atoms with van der Waals surface area (Å²) >= 11 is 1.51. The van der Waals surface area contributed by atoms with Crippen molar-refractivity contribution in [2.75, 3.05) is 25.2 Å². The number of hydrogen-bond donors (Lipinski definition) is 0. The Labute approximate surface area is 124 Å². The van der Waals surface area contributed by atoms with E-state index in [9.17, 15) is 0 Å². The number of nitrogens with zero attached hydrogens (tertiary/aromatic N) is 3. The molecule has 1 aliphatic carbocycles. The monoisotopic (exact) mass is 297 g/mol. The molecule has 112 valence electrons. The molecule has 0 radical (unpaired) electrons. The maximum absolute atomic E-state index is 5.78. The zero-order valence-corrected chi connectivity index (χ0v) is 13.3. The lowest BCUT2D eigenvalue weighted by atomic mass is 9.89. The highest BCUT2D eigenvalue weighted by Gasteiger charge is 2.41. The van der Waals surface area contributed by atoms with Crippen LogP contribution < -0.4 is 4.90 Å². The average Bonchev–Trinajstić information content (AvgIpc) is 3.08. The lowest BCUT2D eigenvalue weighted by molar-refractivity contribution is -0.178. The molecule has 2 aliphatic rings. The summed E-state index contributed by atoms with van der Waals surface area (Å²) in [5.41, 5.74) is 0. The first-order valence-corrected chi connectivity index (χ1v) is 8.21. The fraction of sp³-hybridized carbons (Fsp3) is 0.857. The Hall–Kier alpha value is -0.720. The fourth-order valence-electron chi connectivity index (χ4n) is 2.98. The van der Waals surface area contributed by atoms with Crippen molar-refractivity contribution >= 4 is 16.7 Å². The molecule has 20 heavy (non-hydrogen) atoms. The molecular weight excluding hydrogens is 274 g/mol. The SMILES string of the molecule is CC(C)c1nsc(N(C)C2CCC3(CC2)OCCO3)n1. The number of rotatable bonds is 3. The Morgan fingerprint density at radius 3 is 2.45 bits per heavy atom. The maximum Gasteiger partial charge on any atom is 0.205 e. The first kappa shape index (κ1) is 14.2. The van der Waals surface area contributed by atoms with E-state index < -0.39 is 0 Å². The highest BCUT2D eigenvalue weighted by molar-refractivity contribution is 7.09. The molecule has 0 amide bonds. The van der Waals surface area contributed by atoms with Gasteiger partial charge in [-0.15, -0.1) is 0 Å². The summed E-state index contributed by atoms with van der Waals surface area (Å²) in [5.74, 6) is 1.07. The summed E-state index contributed by atoms with van der Waals surface area (Å²) in [6, 6.07) is 0.515. The summed E-state index contributed by atoms with van der Waals surface area (Å²) in [4.78, 5) is 6.93. The Kier molecular flexibility index (Phi) is 3.97. The number of ether oxygens (including phenoxy) is 2. The van der Waals surface area contributed by atoms with E-state index in [4.69, 9.17) is 9.47 Å². The van der Waals surface area contributed by atoms with Crippen LogP contribution in [0.3, 0.4) is 0 Å². The smallest absolute Gasteiger partial charge is 0.205 e. The lowest BCUT2D eigenvalue weighted by Crippen LogP contribution is -2.42. The van der Waals surface area contributed by atoms with Gasteiger partial charge in [0.15, 0.2) is 5.79 Å². The van der Waals surface area contributed by atoms with Gasteiger partial charge in [0.05, 0.1) is 13.2 Å². The summed E-state index contributed by atoms with van der Waals surface area (Å²) in [6.45, 7) is 5.75. The molecule has 1 aromatic heterocycles. The van der Waals surface area contributed by atoms with Gasteiger partial charge in [-0.1, -0.05) is 13.8 Å². The first-order chi connectivity index (χ1) is 9.60. The normalized spacial score (nSPS) is 22.8. The van der Waals surface area contributed by atoms with E-state index >= 15 is 0 Å². The van der Waals surface area contributed by atoms with Crippen molar-refractivity contribution in [3.63, 3.8) is 0 Å². The largest absolute Gasteiger partial charge is 0.348 e. The van der Waals surface area contributed by atoms with E-state index in [-0.39, 0.29) is 5.79 Å². The molecule has 0 aromatic carbocycles. The van der Waals surface area contributed by atoms with Crippen LogP contribution in [0.1, 0.15) is 51.3 Å². The predicted molar refractivity (Wildman–Crippen MR) is 79.3 cm³/mol. The molecule has 3 rings (SSSR count). The van der Waals surface area contributed by atoms with Gasteiger partial charge in [0.1, 0.15) is 5.82 Å². The third kappa shape index (κ3) is 2.69. The van der Waals surface area contributed by atoms with E-state index in [0.717, 1.165) is 49.9 Å². The number of anilines is 1. The van der Waals surface area contributed by atoms with Crippen LogP contribution in [0.2, 0.25) is 0 Å².